The largest absolute Gasteiger partial charge is 0.497 e. The molecule has 0 radical (unpaired) electrons. The predicted molar refractivity (Wildman–Crippen MR) is 91.0 cm³/mol. The van der Waals surface area contributed by atoms with Gasteiger partial charge in [-0.25, -0.2) is 9.97 Å². The minimum absolute atomic E-state index is 0.0838. The molecule has 0 atom stereocenters. The van der Waals surface area contributed by atoms with Crippen molar-refractivity contribution >= 4 is 34.1 Å². The van der Waals surface area contributed by atoms with Gasteiger partial charge in [0.1, 0.15) is 17.1 Å². The lowest BCUT2D eigenvalue weighted by atomic mass is 10.1. The van der Waals surface area contributed by atoms with Gasteiger partial charge in [0.25, 0.3) is 0 Å². The quantitative estimate of drug-likeness (QED) is 0.741. The molecule has 2 N–H and O–H groups in total. The van der Waals surface area contributed by atoms with E-state index in [-0.39, 0.29) is 11.6 Å². The van der Waals surface area contributed by atoms with Crippen LogP contribution in [0.2, 0.25) is 5.02 Å². The number of carbonyl (C=O) groups excluding carboxylic acids is 1. The maximum atomic E-state index is 11.7. The highest BCUT2D eigenvalue weighted by Gasteiger charge is 2.13. The summed E-state index contributed by atoms with van der Waals surface area (Å²) < 4.78 is 5.14. The molecule has 5 nitrogen and oxygen atoms in total. The second-order valence-electron chi connectivity index (χ2n) is 5.05. The van der Waals surface area contributed by atoms with Gasteiger partial charge in [-0.1, -0.05) is 11.6 Å². The molecule has 0 aliphatic carbocycles. The van der Waals surface area contributed by atoms with Gasteiger partial charge in [-0.3, -0.25) is 4.79 Å². The summed E-state index contributed by atoms with van der Waals surface area (Å²) in [6.07, 6.45) is 1.47. The van der Waals surface area contributed by atoms with Gasteiger partial charge in [0.05, 0.1) is 17.8 Å². The molecule has 0 saturated carbocycles. The van der Waals surface area contributed by atoms with Crippen LogP contribution in [-0.4, -0.2) is 22.9 Å². The minimum Gasteiger partial charge on any atom is -0.497 e. The Bertz CT molecular complexity index is 925. The first-order valence-corrected chi connectivity index (χ1v) is 7.29. The number of pyridine rings is 2. The average Bonchev–Trinajstić information content (AvgIpc) is 2.54. The third kappa shape index (κ3) is 2.71. The number of nitrogens with zero attached hydrogens (tertiary/aromatic N) is 2. The first-order chi connectivity index (χ1) is 11.0. The Kier molecular flexibility index (Phi) is 3.88. The zero-order valence-electron chi connectivity index (χ0n) is 12.6. The second kappa shape index (κ2) is 5.85. The summed E-state index contributed by atoms with van der Waals surface area (Å²) in [5, 5.41) is 1.20. The van der Waals surface area contributed by atoms with E-state index in [1.54, 1.807) is 19.2 Å². The molecule has 116 valence electrons. The van der Waals surface area contributed by atoms with Crippen LogP contribution in [0.4, 0.5) is 5.82 Å². The fraction of sp³-hybridized carbons (Fsp3) is 0.118. The third-order valence-corrected chi connectivity index (χ3v) is 3.90. The maximum absolute atomic E-state index is 11.7. The van der Waals surface area contributed by atoms with Gasteiger partial charge >= 0.3 is 0 Å². The van der Waals surface area contributed by atoms with E-state index in [0.29, 0.717) is 32.9 Å². The fourth-order valence-corrected chi connectivity index (χ4v) is 2.66. The summed E-state index contributed by atoms with van der Waals surface area (Å²) in [6, 6.07) is 8.97. The third-order valence-electron chi connectivity index (χ3n) is 3.59. The number of aromatic nitrogens is 2. The van der Waals surface area contributed by atoms with E-state index in [4.69, 9.17) is 22.1 Å². The van der Waals surface area contributed by atoms with E-state index in [1.165, 1.54) is 13.1 Å². The van der Waals surface area contributed by atoms with E-state index in [2.05, 4.69) is 9.97 Å². The van der Waals surface area contributed by atoms with E-state index < -0.39 is 0 Å². The van der Waals surface area contributed by atoms with Crippen LogP contribution >= 0.6 is 11.6 Å². The van der Waals surface area contributed by atoms with Crippen LogP contribution in [0.5, 0.6) is 5.75 Å². The van der Waals surface area contributed by atoms with Crippen LogP contribution in [0.1, 0.15) is 17.3 Å². The highest BCUT2D eigenvalue weighted by molar-refractivity contribution is 6.33. The van der Waals surface area contributed by atoms with Gasteiger partial charge < -0.3 is 10.5 Å². The number of ether oxygens (including phenoxy) is 1. The molecule has 2 aromatic heterocycles. The van der Waals surface area contributed by atoms with Crippen molar-refractivity contribution in [2.24, 2.45) is 0 Å². The number of anilines is 1. The van der Waals surface area contributed by atoms with Crippen LogP contribution in [0.25, 0.3) is 22.2 Å². The van der Waals surface area contributed by atoms with Crippen LogP contribution in [0.3, 0.4) is 0 Å². The van der Waals surface area contributed by atoms with E-state index in [1.807, 2.05) is 18.2 Å². The average molecular weight is 328 g/mol. The molecule has 0 aliphatic rings. The number of carbonyl (C=O) groups is 1. The highest BCUT2D eigenvalue weighted by Crippen LogP contribution is 2.32. The summed E-state index contributed by atoms with van der Waals surface area (Å²) >= 11 is 6.29. The molecule has 2 heterocycles. The number of ketones is 1. The Morgan fingerprint density at radius 2 is 2.04 bits per heavy atom. The summed E-state index contributed by atoms with van der Waals surface area (Å²) in [5.41, 5.74) is 8.30. The zero-order valence-corrected chi connectivity index (χ0v) is 13.4. The number of Topliss-reactive ketones (excluding diaryl/α,β-unsaturated/α-hetero) is 1. The first kappa shape index (κ1) is 15.2. The Morgan fingerprint density at radius 3 is 2.70 bits per heavy atom. The Hall–Kier alpha value is -2.66. The SMILES string of the molecule is COc1ccc(-c2ccc3c(C(C)=O)cnc(N)c3n2)c(Cl)c1. The highest BCUT2D eigenvalue weighted by atomic mass is 35.5. The van der Waals surface area contributed by atoms with Crippen LogP contribution in [0, 0.1) is 0 Å². The van der Waals surface area contributed by atoms with Crippen LogP contribution in [0.15, 0.2) is 36.5 Å². The number of benzene rings is 1. The topological polar surface area (TPSA) is 78.1 Å². The molecule has 0 amide bonds. The molecule has 23 heavy (non-hydrogen) atoms. The molecule has 0 bridgehead atoms. The van der Waals surface area contributed by atoms with E-state index in [0.717, 1.165) is 5.56 Å². The molecule has 3 aromatic rings. The summed E-state index contributed by atoms with van der Waals surface area (Å²) in [7, 11) is 1.58. The van der Waals surface area contributed by atoms with Crippen molar-refractivity contribution in [3.63, 3.8) is 0 Å². The lowest BCUT2D eigenvalue weighted by molar-refractivity contribution is 0.101. The number of halogens is 1. The van der Waals surface area contributed by atoms with Crippen LogP contribution < -0.4 is 10.5 Å². The van der Waals surface area contributed by atoms with Crippen molar-refractivity contribution in [3.8, 4) is 17.0 Å². The lowest BCUT2D eigenvalue weighted by Crippen LogP contribution is -2.01. The predicted octanol–water partition coefficient (Wildman–Crippen LogP) is 3.74. The van der Waals surface area contributed by atoms with Gasteiger partial charge in [0.15, 0.2) is 5.78 Å². The van der Waals surface area contributed by atoms with E-state index in [9.17, 15) is 4.79 Å². The standard InChI is InChI=1S/C17H14ClN3O2/c1-9(22)13-8-20-17(19)16-11(13)5-6-15(21-16)12-4-3-10(23-2)7-14(12)18/h3-8H,1-2H3,(H2,19,20). The Balaban J connectivity index is 2.21. The number of fused-ring (bicyclic) bond motifs is 1. The van der Waals surface area contributed by atoms with Crippen molar-refractivity contribution in [1.82, 2.24) is 9.97 Å². The molecule has 3 rings (SSSR count). The van der Waals surface area contributed by atoms with Gasteiger partial charge in [-0.2, -0.15) is 0 Å². The summed E-state index contributed by atoms with van der Waals surface area (Å²) in [4.78, 5) is 20.3. The number of rotatable bonds is 3. The van der Waals surface area contributed by atoms with Crippen molar-refractivity contribution in [1.29, 1.82) is 0 Å². The molecular formula is C17H14ClN3O2. The Morgan fingerprint density at radius 1 is 1.26 bits per heavy atom. The number of hydrogen-bond acceptors (Lipinski definition) is 5. The zero-order chi connectivity index (χ0) is 16.6. The van der Waals surface area contributed by atoms with Gasteiger partial charge in [-0.15, -0.1) is 0 Å². The first-order valence-electron chi connectivity index (χ1n) is 6.91. The molecule has 0 saturated heterocycles. The fourth-order valence-electron chi connectivity index (χ4n) is 2.40. The summed E-state index contributed by atoms with van der Waals surface area (Å²) in [6.45, 7) is 1.49. The van der Waals surface area contributed by atoms with Crippen molar-refractivity contribution in [3.05, 3.63) is 47.1 Å². The molecule has 0 aliphatic heterocycles. The number of methoxy groups -OCH3 is 1. The summed E-state index contributed by atoms with van der Waals surface area (Å²) in [5.74, 6) is 0.857. The molecular weight excluding hydrogens is 314 g/mol. The van der Waals surface area contributed by atoms with Crippen molar-refractivity contribution in [2.75, 3.05) is 12.8 Å². The minimum atomic E-state index is -0.0838. The lowest BCUT2D eigenvalue weighted by Gasteiger charge is -2.09. The molecule has 1 aromatic carbocycles. The molecule has 0 unspecified atom stereocenters. The van der Waals surface area contributed by atoms with Gasteiger partial charge in [-0.05, 0) is 37.3 Å². The van der Waals surface area contributed by atoms with Gasteiger partial charge in [0, 0.05) is 22.7 Å². The Labute approximate surface area is 138 Å². The van der Waals surface area contributed by atoms with Gasteiger partial charge in [0.2, 0.25) is 0 Å². The molecule has 0 spiro atoms. The van der Waals surface area contributed by atoms with Crippen LogP contribution in [-0.2, 0) is 0 Å². The van der Waals surface area contributed by atoms with Crippen molar-refractivity contribution < 1.29 is 9.53 Å². The van der Waals surface area contributed by atoms with E-state index >= 15 is 0 Å². The maximum Gasteiger partial charge on any atom is 0.162 e. The number of nitrogen functional groups attached to an aromatic ring is 1. The molecule has 0 fully saturated rings. The second-order valence-corrected chi connectivity index (χ2v) is 5.46. The number of nitrogens with two attached hydrogens (primary N) is 1. The monoisotopic (exact) mass is 327 g/mol. The molecule has 6 heteroatoms. The normalized spacial score (nSPS) is 10.7. The smallest absolute Gasteiger partial charge is 0.162 e. The number of hydrogen-bond donors (Lipinski definition) is 1. The van der Waals surface area contributed by atoms with Crippen molar-refractivity contribution in [2.45, 2.75) is 6.92 Å².